The van der Waals surface area contributed by atoms with Gasteiger partial charge in [-0.1, -0.05) is 94.3 Å². The Hall–Kier alpha value is -4.05. The molecule has 11 rings (SSSR count). The number of hydrogen-bond acceptors (Lipinski definition) is 4. The van der Waals surface area contributed by atoms with Crippen LogP contribution in [0.15, 0.2) is 129 Å². The van der Waals surface area contributed by atoms with E-state index in [0.717, 1.165) is 44.1 Å². The van der Waals surface area contributed by atoms with Crippen LogP contribution >= 0.6 is 0 Å². The highest BCUT2D eigenvalue weighted by molar-refractivity contribution is 5.74. The maximum atomic E-state index is 5.46. The molecular weight excluding hydrogens is 705 g/mol. The molecule has 4 heteroatoms. The first-order chi connectivity index (χ1) is 28.4. The predicted octanol–water partition coefficient (Wildman–Crippen LogP) is 12.5. The SMILES string of the molecule is CC(C)C1CC(N(C2CCCC=N2)C2CCCC3C=CCCC32)=C2C=C3C4=C(C=C(N(C5=CC=CCN5)C5=CCCc6ccccc65)C5CCC1=C2C45)CCC3(C)C. The van der Waals surface area contributed by atoms with E-state index in [1.807, 2.05) is 5.57 Å². The van der Waals surface area contributed by atoms with E-state index in [4.69, 9.17) is 4.99 Å². The minimum Gasteiger partial charge on any atom is -0.368 e. The Morgan fingerprint density at radius 2 is 1.81 bits per heavy atom. The third kappa shape index (κ3) is 5.92. The Morgan fingerprint density at radius 1 is 0.897 bits per heavy atom. The van der Waals surface area contributed by atoms with Crippen LogP contribution in [0.25, 0.3) is 5.70 Å². The van der Waals surface area contributed by atoms with Crippen LogP contribution < -0.4 is 5.32 Å². The number of rotatable bonds is 7. The molecule has 302 valence electrons. The fourth-order valence-electron chi connectivity index (χ4n) is 13.7. The zero-order valence-electron chi connectivity index (χ0n) is 35.8. The van der Waals surface area contributed by atoms with Crippen LogP contribution in [0.1, 0.15) is 129 Å². The van der Waals surface area contributed by atoms with Gasteiger partial charge in [0, 0.05) is 47.6 Å². The highest BCUT2D eigenvalue weighted by atomic mass is 15.3. The van der Waals surface area contributed by atoms with Crippen molar-refractivity contribution in [3.8, 4) is 0 Å². The summed E-state index contributed by atoms with van der Waals surface area (Å²) in [6, 6.07) is 9.80. The summed E-state index contributed by atoms with van der Waals surface area (Å²) >= 11 is 0. The second kappa shape index (κ2) is 14.6. The van der Waals surface area contributed by atoms with Crippen LogP contribution in [0.5, 0.6) is 0 Å². The van der Waals surface area contributed by atoms with E-state index < -0.39 is 0 Å². The standard InChI is InChI=1S/C54H66N4/c1-34(2)42-33-48(58(50-24-10-12-30-56-50)46-22-14-18-36-16-6-8-20-39(36)46)43-32-44-51-37(27-28-54(44,3)4)31-47(41-26-25-40(42)52(43)53(41)51)57(49-23-9-11-29-55-49)45-21-13-17-35-15-5-7-19-38(35)45/h5-7,9,11,15-16,19,21,23,30-32,34,36,39,41-42,46,50,53,55H,8,10,12-14,17-18,20,22,24-29,33H2,1-4H3. The number of aryl methyl sites for hydroxylation is 1. The van der Waals surface area contributed by atoms with Crippen LogP contribution in [0.4, 0.5) is 0 Å². The first-order valence-electron chi connectivity index (χ1n) is 23.7. The molecule has 0 aromatic heterocycles. The molecule has 1 fully saturated rings. The third-order valence-corrected chi connectivity index (χ3v) is 16.5. The zero-order valence-corrected chi connectivity index (χ0v) is 35.8. The van der Waals surface area contributed by atoms with Crippen LogP contribution in [0, 0.1) is 40.9 Å². The predicted molar refractivity (Wildman–Crippen MR) is 240 cm³/mol. The van der Waals surface area contributed by atoms with E-state index in [9.17, 15) is 0 Å². The average Bonchev–Trinajstić information content (AvgIpc) is 3.26. The summed E-state index contributed by atoms with van der Waals surface area (Å²) in [5.74, 6) is 4.70. The van der Waals surface area contributed by atoms with Crippen molar-refractivity contribution in [2.75, 3.05) is 6.54 Å². The summed E-state index contributed by atoms with van der Waals surface area (Å²) in [6.45, 7) is 11.1. The third-order valence-electron chi connectivity index (χ3n) is 16.5. The van der Waals surface area contributed by atoms with E-state index in [0.29, 0.717) is 29.7 Å². The van der Waals surface area contributed by atoms with Crippen molar-refractivity contribution in [3.63, 3.8) is 0 Å². The molecule has 10 aliphatic rings. The first kappa shape index (κ1) is 37.0. The summed E-state index contributed by atoms with van der Waals surface area (Å²) in [5, 5.41) is 3.88. The molecule has 0 spiro atoms. The molecule has 0 amide bonds. The quantitative estimate of drug-likeness (QED) is 0.280. The van der Waals surface area contributed by atoms with Gasteiger partial charge in [0.2, 0.25) is 0 Å². The number of allylic oxidation sites excluding steroid dienone is 15. The molecule has 1 aromatic rings. The average molecular weight is 771 g/mol. The molecule has 4 nitrogen and oxygen atoms in total. The molecule has 1 aromatic carbocycles. The van der Waals surface area contributed by atoms with Crippen molar-refractivity contribution >= 4 is 11.9 Å². The maximum absolute atomic E-state index is 5.46. The Bertz CT molecular complexity index is 2190. The monoisotopic (exact) mass is 771 g/mol. The van der Waals surface area contributed by atoms with Gasteiger partial charge in [0.05, 0.1) is 5.70 Å². The molecule has 7 atom stereocenters. The van der Waals surface area contributed by atoms with Crippen molar-refractivity contribution in [1.82, 2.24) is 15.1 Å². The Kier molecular flexibility index (Phi) is 9.31. The summed E-state index contributed by atoms with van der Waals surface area (Å²) in [6.07, 6.45) is 40.9. The topological polar surface area (TPSA) is 30.9 Å². The second-order valence-corrected chi connectivity index (χ2v) is 20.4. The van der Waals surface area contributed by atoms with Crippen LogP contribution in [0.3, 0.4) is 0 Å². The molecule has 8 aliphatic carbocycles. The molecule has 0 radical (unpaired) electrons. The van der Waals surface area contributed by atoms with Crippen LogP contribution in [0.2, 0.25) is 0 Å². The number of hydrogen-bond donors (Lipinski definition) is 1. The maximum Gasteiger partial charge on any atom is 0.120 e. The summed E-state index contributed by atoms with van der Waals surface area (Å²) in [4.78, 5) is 11.2. The van der Waals surface area contributed by atoms with Crippen molar-refractivity contribution < 1.29 is 0 Å². The molecule has 7 unspecified atom stereocenters. The van der Waals surface area contributed by atoms with Gasteiger partial charge in [-0.15, -0.1) is 0 Å². The van der Waals surface area contributed by atoms with E-state index in [1.54, 1.807) is 33.6 Å². The van der Waals surface area contributed by atoms with Gasteiger partial charge < -0.3 is 15.1 Å². The van der Waals surface area contributed by atoms with Crippen molar-refractivity contribution in [2.24, 2.45) is 45.9 Å². The van der Waals surface area contributed by atoms with E-state index in [1.165, 1.54) is 99.0 Å². The lowest BCUT2D eigenvalue weighted by Crippen LogP contribution is -2.52. The van der Waals surface area contributed by atoms with Gasteiger partial charge in [0.15, 0.2) is 0 Å². The van der Waals surface area contributed by atoms with Gasteiger partial charge in [-0.05, 0) is 171 Å². The van der Waals surface area contributed by atoms with Crippen molar-refractivity contribution in [1.29, 1.82) is 0 Å². The molecule has 0 saturated heterocycles. The smallest absolute Gasteiger partial charge is 0.120 e. The second-order valence-electron chi connectivity index (χ2n) is 20.4. The number of benzene rings is 1. The van der Waals surface area contributed by atoms with Gasteiger partial charge in [-0.25, -0.2) is 0 Å². The van der Waals surface area contributed by atoms with Gasteiger partial charge in [0.1, 0.15) is 12.0 Å². The van der Waals surface area contributed by atoms with Gasteiger partial charge in [-0.2, -0.15) is 0 Å². The van der Waals surface area contributed by atoms with Gasteiger partial charge >= 0.3 is 0 Å². The Morgan fingerprint density at radius 3 is 2.66 bits per heavy atom. The highest BCUT2D eigenvalue weighted by Gasteiger charge is 2.53. The lowest BCUT2D eigenvalue weighted by atomic mass is 9.52. The van der Waals surface area contributed by atoms with Crippen molar-refractivity contribution in [3.05, 3.63) is 135 Å². The normalized spacial score (nSPS) is 33.0. The lowest BCUT2D eigenvalue weighted by molar-refractivity contribution is 0.0576. The summed E-state index contributed by atoms with van der Waals surface area (Å²) in [7, 11) is 0. The van der Waals surface area contributed by atoms with Crippen LogP contribution in [-0.2, 0) is 6.42 Å². The van der Waals surface area contributed by atoms with Gasteiger partial charge in [-0.3, -0.25) is 4.99 Å². The summed E-state index contributed by atoms with van der Waals surface area (Å²) in [5.41, 5.74) is 17.8. The molecule has 2 heterocycles. The van der Waals surface area contributed by atoms with E-state index in [2.05, 4.69) is 122 Å². The molecule has 2 aliphatic heterocycles. The largest absolute Gasteiger partial charge is 0.368 e. The lowest BCUT2D eigenvalue weighted by Gasteiger charge is -2.56. The number of dihydropyridines is 1. The number of nitrogens with one attached hydrogen (secondary N) is 1. The Labute approximate surface area is 349 Å². The molecular formula is C54H66N4. The number of aliphatic imine (C=N–C) groups is 1. The minimum absolute atomic E-state index is 0.144. The fraction of sp³-hybridized carbons (Fsp3) is 0.537. The number of fused-ring (bicyclic) bond motifs is 2. The van der Waals surface area contributed by atoms with Gasteiger partial charge in [0.25, 0.3) is 0 Å². The van der Waals surface area contributed by atoms with Crippen molar-refractivity contribution in [2.45, 2.75) is 136 Å². The molecule has 1 saturated carbocycles. The van der Waals surface area contributed by atoms with E-state index >= 15 is 0 Å². The highest BCUT2D eigenvalue weighted by Crippen LogP contribution is 2.64. The van der Waals surface area contributed by atoms with Crippen LogP contribution in [-0.4, -0.2) is 34.8 Å². The van der Waals surface area contributed by atoms with E-state index in [-0.39, 0.29) is 11.6 Å². The molecule has 1 N–H and O–H groups in total. The summed E-state index contributed by atoms with van der Waals surface area (Å²) < 4.78 is 0. The molecule has 0 bridgehead atoms. The first-order valence-corrected chi connectivity index (χ1v) is 23.7. The minimum atomic E-state index is 0.144. The number of nitrogens with zero attached hydrogens (tertiary/aromatic N) is 3. The fourth-order valence-corrected chi connectivity index (χ4v) is 13.7. The zero-order chi connectivity index (χ0) is 39.1. The Balaban J connectivity index is 1.13. The molecule has 58 heavy (non-hydrogen) atoms.